The first-order chi connectivity index (χ1) is 11.1. The highest BCUT2D eigenvalue weighted by Crippen LogP contribution is 2.36. The van der Waals surface area contributed by atoms with Crippen LogP contribution in [0.5, 0.6) is 17.2 Å². The SMILES string of the molecule is COc1cc(OC)c(OC)cc1/C=C1/NC(=S)N(C2CC2)C1=O. The van der Waals surface area contributed by atoms with Crippen molar-refractivity contribution in [2.75, 3.05) is 21.3 Å². The van der Waals surface area contributed by atoms with Crippen LogP contribution in [-0.4, -0.2) is 43.3 Å². The maximum Gasteiger partial charge on any atom is 0.276 e. The van der Waals surface area contributed by atoms with Crippen molar-refractivity contribution in [2.45, 2.75) is 18.9 Å². The summed E-state index contributed by atoms with van der Waals surface area (Å²) < 4.78 is 15.9. The van der Waals surface area contributed by atoms with Gasteiger partial charge in [-0.05, 0) is 37.2 Å². The lowest BCUT2D eigenvalue weighted by atomic mass is 10.1. The third-order valence-corrected chi connectivity index (χ3v) is 4.16. The predicted octanol–water partition coefficient (Wildman–Crippen LogP) is 1.93. The summed E-state index contributed by atoms with van der Waals surface area (Å²) in [5.41, 5.74) is 1.15. The second kappa shape index (κ2) is 6.08. The molecule has 0 unspecified atom stereocenters. The largest absolute Gasteiger partial charge is 0.496 e. The third kappa shape index (κ3) is 2.84. The number of hydrogen-bond donors (Lipinski definition) is 1. The molecule has 0 bridgehead atoms. The first kappa shape index (κ1) is 15.6. The minimum absolute atomic E-state index is 0.102. The number of amides is 1. The Kier molecular flexibility index (Phi) is 4.12. The number of thiocarbonyl (C=S) groups is 1. The molecule has 3 rings (SSSR count). The number of hydrogen-bond acceptors (Lipinski definition) is 5. The lowest BCUT2D eigenvalue weighted by molar-refractivity contribution is -0.122. The summed E-state index contributed by atoms with van der Waals surface area (Å²) in [4.78, 5) is 14.1. The summed E-state index contributed by atoms with van der Waals surface area (Å²) in [6, 6.07) is 3.73. The fourth-order valence-electron chi connectivity index (χ4n) is 2.53. The van der Waals surface area contributed by atoms with E-state index >= 15 is 0 Å². The van der Waals surface area contributed by atoms with E-state index in [9.17, 15) is 4.79 Å². The van der Waals surface area contributed by atoms with Gasteiger partial charge in [0.15, 0.2) is 16.6 Å². The Bertz CT molecular complexity index is 698. The lowest BCUT2D eigenvalue weighted by Crippen LogP contribution is -2.32. The van der Waals surface area contributed by atoms with Crippen molar-refractivity contribution in [3.63, 3.8) is 0 Å². The summed E-state index contributed by atoms with van der Waals surface area (Å²) in [6.07, 6.45) is 3.72. The summed E-state index contributed by atoms with van der Waals surface area (Å²) in [6.45, 7) is 0. The van der Waals surface area contributed by atoms with E-state index in [1.165, 1.54) is 0 Å². The normalized spacial score (nSPS) is 19.1. The van der Waals surface area contributed by atoms with Crippen molar-refractivity contribution >= 4 is 29.3 Å². The summed E-state index contributed by atoms with van der Waals surface area (Å²) in [5.74, 6) is 1.61. The van der Waals surface area contributed by atoms with Crippen molar-refractivity contribution in [1.29, 1.82) is 0 Å². The number of carbonyl (C=O) groups is 1. The van der Waals surface area contributed by atoms with Gasteiger partial charge in [0.05, 0.1) is 21.3 Å². The first-order valence-electron chi connectivity index (χ1n) is 7.25. The number of nitrogens with one attached hydrogen (secondary N) is 1. The van der Waals surface area contributed by atoms with Crippen LogP contribution in [0.15, 0.2) is 17.8 Å². The zero-order valence-electron chi connectivity index (χ0n) is 13.2. The van der Waals surface area contributed by atoms with Gasteiger partial charge in [-0.3, -0.25) is 9.69 Å². The van der Waals surface area contributed by atoms with E-state index in [2.05, 4.69) is 5.32 Å². The maximum absolute atomic E-state index is 12.5. The molecule has 6 nitrogen and oxygen atoms in total. The minimum Gasteiger partial charge on any atom is -0.496 e. The summed E-state index contributed by atoms with van der Waals surface area (Å²) in [7, 11) is 4.68. The van der Waals surface area contributed by atoms with Crippen LogP contribution in [-0.2, 0) is 4.79 Å². The zero-order valence-corrected chi connectivity index (χ0v) is 14.0. The molecule has 0 aromatic heterocycles. The smallest absolute Gasteiger partial charge is 0.276 e. The number of ether oxygens (including phenoxy) is 3. The molecule has 2 aliphatic rings. The van der Waals surface area contributed by atoms with Gasteiger partial charge in [-0.2, -0.15) is 0 Å². The van der Waals surface area contributed by atoms with Crippen LogP contribution in [0.2, 0.25) is 0 Å². The molecule has 1 saturated carbocycles. The fraction of sp³-hybridized carbons (Fsp3) is 0.375. The molecule has 1 amide bonds. The summed E-state index contributed by atoms with van der Waals surface area (Å²) >= 11 is 5.25. The van der Waals surface area contributed by atoms with Crippen LogP contribution in [0.1, 0.15) is 18.4 Å². The van der Waals surface area contributed by atoms with E-state index in [0.29, 0.717) is 33.6 Å². The predicted molar refractivity (Wildman–Crippen MR) is 89.7 cm³/mol. The number of rotatable bonds is 5. The van der Waals surface area contributed by atoms with Crippen LogP contribution in [0.4, 0.5) is 0 Å². The molecule has 1 aliphatic heterocycles. The van der Waals surface area contributed by atoms with Crippen LogP contribution in [0.25, 0.3) is 6.08 Å². The van der Waals surface area contributed by atoms with Crippen LogP contribution >= 0.6 is 12.2 Å². The van der Waals surface area contributed by atoms with Crippen molar-refractivity contribution in [1.82, 2.24) is 10.2 Å². The molecule has 1 heterocycles. The van der Waals surface area contributed by atoms with Crippen molar-refractivity contribution in [2.24, 2.45) is 0 Å². The third-order valence-electron chi connectivity index (χ3n) is 3.86. The molecule has 23 heavy (non-hydrogen) atoms. The second-order valence-corrected chi connectivity index (χ2v) is 5.73. The number of methoxy groups -OCH3 is 3. The zero-order chi connectivity index (χ0) is 16.6. The Labute approximate surface area is 140 Å². The quantitative estimate of drug-likeness (QED) is 0.656. The van der Waals surface area contributed by atoms with Crippen molar-refractivity contribution < 1.29 is 19.0 Å². The highest BCUT2D eigenvalue weighted by molar-refractivity contribution is 7.80. The molecule has 122 valence electrons. The molecule has 0 radical (unpaired) electrons. The van der Waals surface area contributed by atoms with E-state index < -0.39 is 0 Å². The molecule has 2 fully saturated rings. The van der Waals surface area contributed by atoms with Gasteiger partial charge in [-0.1, -0.05) is 0 Å². The average molecular weight is 334 g/mol. The Balaban J connectivity index is 1.98. The molecule has 1 aliphatic carbocycles. The van der Waals surface area contributed by atoms with E-state index in [-0.39, 0.29) is 11.9 Å². The van der Waals surface area contributed by atoms with Crippen molar-refractivity contribution in [3.05, 3.63) is 23.4 Å². The van der Waals surface area contributed by atoms with Gasteiger partial charge in [0.2, 0.25) is 0 Å². The average Bonchev–Trinajstić information content (AvgIpc) is 3.34. The van der Waals surface area contributed by atoms with Gasteiger partial charge in [0.1, 0.15) is 11.4 Å². The van der Waals surface area contributed by atoms with Crippen LogP contribution in [0, 0.1) is 0 Å². The van der Waals surface area contributed by atoms with Gasteiger partial charge in [-0.15, -0.1) is 0 Å². The monoisotopic (exact) mass is 334 g/mol. The topological polar surface area (TPSA) is 60.0 Å². The molecular formula is C16H18N2O4S. The Morgan fingerprint density at radius 2 is 1.74 bits per heavy atom. The molecule has 0 spiro atoms. The number of carbonyl (C=O) groups excluding carboxylic acids is 1. The van der Waals surface area contributed by atoms with E-state index in [4.69, 9.17) is 26.4 Å². The molecular weight excluding hydrogens is 316 g/mol. The fourth-order valence-corrected chi connectivity index (χ4v) is 2.88. The van der Waals surface area contributed by atoms with Gasteiger partial charge in [-0.25, -0.2) is 0 Å². The first-order valence-corrected chi connectivity index (χ1v) is 7.66. The lowest BCUT2D eigenvalue weighted by Gasteiger charge is -2.12. The van der Waals surface area contributed by atoms with Gasteiger partial charge >= 0.3 is 0 Å². The van der Waals surface area contributed by atoms with Gasteiger partial charge in [0, 0.05) is 17.7 Å². The number of nitrogens with zero attached hydrogens (tertiary/aromatic N) is 1. The van der Waals surface area contributed by atoms with E-state index in [1.807, 2.05) is 0 Å². The molecule has 1 aromatic rings. The Hall–Kier alpha value is -2.28. The molecule has 1 aromatic carbocycles. The van der Waals surface area contributed by atoms with E-state index in [0.717, 1.165) is 12.8 Å². The highest BCUT2D eigenvalue weighted by Gasteiger charge is 2.41. The van der Waals surface area contributed by atoms with Gasteiger partial charge in [0.25, 0.3) is 5.91 Å². The van der Waals surface area contributed by atoms with Crippen LogP contribution < -0.4 is 19.5 Å². The Morgan fingerprint density at radius 1 is 1.13 bits per heavy atom. The molecule has 0 atom stereocenters. The molecule has 1 N–H and O–H groups in total. The molecule has 1 saturated heterocycles. The van der Waals surface area contributed by atoms with Crippen molar-refractivity contribution in [3.8, 4) is 17.2 Å². The minimum atomic E-state index is -0.102. The molecule has 7 heteroatoms. The highest BCUT2D eigenvalue weighted by atomic mass is 32.1. The van der Waals surface area contributed by atoms with Crippen LogP contribution in [0.3, 0.4) is 0 Å². The Morgan fingerprint density at radius 3 is 2.30 bits per heavy atom. The van der Waals surface area contributed by atoms with E-state index in [1.54, 1.807) is 44.4 Å². The number of benzene rings is 1. The standard InChI is InChI=1S/C16H18N2O4S/c1-20-12-8-14(22-3)13(21-2)7-9(12)6-11-15(19)18(10-4-5-10)16(23)17-11/h6-8,10H,4-5H2,1-3H3,(H,17,23)/b11-6+. The van der Waals surface area contributed by atoms with Gasteiger partial charge < -0.3 is 19.5 Å². The summed E-state index contributed by atoms with van der Waals surface area (Å²) in [5, 5.41) is 3.44. The second-order valence-electron chi connectivity index (χ2n) is 5.34. The maximum atomic E-state index is 12.5.